The minimum Gasteiger partial charge on any atom is -0.337 e. The topological polar surface area (TPSA) is 123 Å². The average molecular weight is 452 g/mol. The quantitative estimate of drug-likeness (QED) is 0.494. The van der Waals surface area contributed by atoms with Gasteiger partial charge in [0.15, 0.2) is 0 Å². The molecule has 164 valence electrons. The largest absolute Gasteiger partial charge is 0.337 e. The molecule has 1 unspecified atom stereocenters. The molecule has 3 aromatic heterocycles. The summed E-state index contributed by atoms with van der Waals surface area (Å²) in [7, 11) is -3.33. The summed E-state index contributed by atoms with van der Waals surface area (Å²) in [6.07, 6.45) is 5.10. The third-order valence-corrected chi connectivity index (χ3v) is 6.81. The normalized spacial score (nSPS) is 16.8. The zero-order valence-electron chi connectivity index (χ0n) is 17.4. The number of hydrogen-bond acceptors (Lipinski definition) is 7. The number of nitrogens with one attached hydrogen (secondary N) is 1. The number of carbonyl (C=O) groups is 1. The first-order valence-electron chi connectivity index (χ1n) is 9.96. The number of anilines is 1. The lowest BCUT2D eigenvalue weighted by molar-refractivity contribution is 0.102. The number of carbonyl (C=O) groups excluding carboxylic acids is 1. The van der Waals surface area contributed by atoms with Crippen molar-refractivity contribution < 1.29 is 17.7 Å². The first-order chi connectivity index (χ1) is 15.3. The Morgan fingerprint density at radius 2 is 2.09 bits per heavy atom. The molecule has 1 aliphatic rings. The number of sulfonamides is 1. The fraction of sp³-hybridized carbons (Fsp3) is 0.238. The fourth-order valence-electron chi connectivity index (χ4n) is 3.68. The van der Waals surface area contributed by atoms with Gasteiger partial charge in [-0.1, -0.05) is 23.4 Å². The molecule has 1 aromatic carbocycles. The SMILES string of the molecule is Cc1ccc(-c2noc(C3CCN3S(C)(=O)=O)n2)cc1NC(=O)c1cnc2ccccn12. The molecule has 4 heterocycles. The first kappa shape index (κ1) is 20.3. The van der Waals surface area contributed by atoms with Gasteiger partial charge in [0.25, 0.3) is 5.91 Å². The van der Waals surface area contributed by atoms with Gasteiger partial charge in [-0.25, -0.2) is 13.4 Å². The van der Waals surface area contributed by atoms with Crippen LogP contribution in [0.4, 0.5) is 5.69 Å². The van der Waals surface area contributed by atoms with Gasteiger partial charge in [-0.2, -0.15) is 9.29 Å². The van der Waals surface area contributed by atoms with Crippen LogP contribution in [0.25, 0.3) is 17.0 Å². The van der Waals surface area contributed by atoms with Crippen LogP contribution in [0.1, 0.15) is 34.4 Å². The molecule has 0 radical (unpaired) electrons. The van der Waals surface area contributed by atoms with Gasteiger partial charge in [0.05, 0.1) is 12.5 Å². The summed E-state index contributed by atoms with van der Waals surface area (Å²) in [5, 5.41) is 6.93. The summed E-state index contributed by atoms with van der Waals surface area (Å²) in [6, 6.07) is 10.5. The van der Waals surface area contributed by atoms with Crippen molar-refractivity contribution in [3.8, 4) is 11.4 Å². The number of aromatic nitrogens is 4. The Bertz CT molecular complexity index is 1440. The van der Waals surface area contributed by atoms with Crippen LogP contribution < -0.4 is 5.32 Å². The molecule has 1 N–H and O–H groups in total. The van der Waals surface area contributed by atoms with E-state index in [2.05, 4.69) is 20.4 Å². The molecular formula is C21H20N6O4S. The van der Waals surface area contributed by atoms with Crippen molar-refractivity contribution in [2.24, 2.45) is 0 Å². The molecule has 1 aliphatic heterocycles. The van der Waals surface area contributed by atoms with Crippen LogP contribution in [-0.4, -0.2) is 51.0 Å². The van der Waals surface area contributed by atoms with Crippen molar-refractivity contribution in [1.29, 1.82) is 0 Å². The van der Waals surface area contributed by atoms with Crippen molar-refractivity contribution in [3.05, 3.63) is 65.9 Å². The summed E-state index contributed by atoms with van der Waals surface area (Å²) in [5.41, 5.74) is 3.21. The minimum atomic E-state index is -3.33. The monoisotopic (exact) mass is 452 g/mol. The second kappa shape index (κ2) is 7.53. The van der Waals surface area contributed by atoms with E-state index in [1.165, 1.54) is 10.5 Å². The number of rotatable bonds is 5. The third kappa shape index (κ3) is 3.55. The molecule has 1 fully saturated rings. The number of aryl methyl sites for hydroxylation is 1. The molecule has 0 saturated carbocycles. The standard InChI is InChI=1S/C21H20N6O4S/c1-13-6-7-14(19-24-21(31-25-19)16-8-10-27(16)32(2,29)30)11-15(13)23-20(28)17-12-22-18-5-3-4-9-26(17)18/h3-7,9,11-12,16H,8,10H2,1-2H3,(H,23,28). The van der Waals surface area contributed by atoms with Crippen LogP contribution in [0, 0.1) is 6.92 Å². The molecule has 11 heteroatoms. The Labute approximate surface area is 183 Å². The van der Waals surface area contributed by atoms with Crippen molar-refractivity contribution in [2.45, 2.75) is 19.4 Å². The first-order valence-corrected chi connectivity index (χ1v) is 11.8. The van der Waals surface area contributed by atoms with Gasteiger partial charge in [-0.15, -0.1) is 0 Å². The summed E-state index contributed by atoms with van der Waals surface area (Å²) in [6.45, 7) is 2.32. The second-order valence-corrected chi connectivity index (χ2v) is 9.63. The van der Waals surface area contributed by atoms with Crippen molar-refractivity contribution in [3.63, 3.8) is 0 Å². The highest BCUT2D eigenvalue weighted by molar-refractivity contribution is 7.88. The van der Waals surface area contributed by atoms with E-state index in [0.29, 0.717) is 41.4 Å². The van der Waals surface area contributed by atoms with Gasteiger partial charge in [-0.3, -0.25) is 9.20 Å². The lowest BCUT2D eigenvalue weighted by atomic mass is 10.1. The molecule has 10 nitrogen and oxygen atoms in total. The Morgan fingerprint density at radius 3 is 2.84 bits per heavy atom. The highest BCUT2D eigenvalue weighted by Gasteiger charge is 2.39. The predicted molar refractivity (Wildman–Crippen MR) is 117 cm³/mol. The highest BCUT2D eigenvalue weighted by Crippen LogP contribution is 2.35. The van der Waals surface area contributed by atoms with Gasteiger partial charge in [0.2, 0.25) is 21.7 Å². The molecule has 5 rings (SSSR count). The molecule has 4 aromatic rings. The van der Waals surface area contributed by atoms with E-state index < -0.39 is 16.1 Å². The summed E-state index contributed by atoms with van der Waals surface area (Å²) >= 11 is 0. The average Bonchev–Trinajstić information content (AvgIpc) is 3.35. The number of hydrogen-bond donors (Lipinski definition) is 1. The zero-order chi connectivity index (χ0) is 22.5. The van der Waals surface area contributed by atoms with Crippen LogP contribution >= 0.6 is 0 Å². The maximum atomic E-state index is 12.9. The van der Waals surface area contributed by atoms with Crippen LogP contribution in [0.2, 0.25) is 0 Å². The van der Waals surface area contributed by atoms with E-state index in [-0.39, 0.29) is 11.8 Å². The Morgan fingerprint density at radius 1 is 1.25 bits per heavy atom. The van der Waals surface area contributed by atoms with Crippen LogP contribution in [0.15, 0.2) is 53.3 Å². The zero-order valence-corrected chi connectivity index (χ0v) is 18.2. The number of benzene rings is 1. The molecule has 32 heavy (non-hydrogen) atoms. The maximum absolute atomic E-state index is 12.9. The molecule has 1 atom stereocenters. The number of amides is 1. The molecule has 0 bridgehead atoms. The van der Waals surface area contributed by atoms with E-state index in [0.717, 1.165) is 11.8 Å². The maximum Gasteiger partial charge on any atom is 0.274 e. The number of nitrogens with zero attached hydrogens (tertiary/aromatic N) is 5. The predicted octanol–water partition coefficient (Wildman–Crippen LogP) is 2.65. The van der Waals surface area contributed by atoms with Crippen molar-refractivity contribution in [1.82, 2.24) is 23.8 Å². The lowest BCUT2D eigenvalue weighted by Gasteiger charge is -2.35. The third-order valence-electron chi connectivity index (χ3n) is 5.52. The van der Waals surface area contributed by atoms with E-state index in [9.17, 15) is 13.2 Å². The summed E-state index contributed by atoms with van der Waals surface area (Å²) in [4.78, 5) is 21.5. The fourth-order valence-corrected chi connectivity index (χ4v) is 4.77. The molecule has 0 spiro atoms. The molecular weight excluding hydrogens is 432 g/mol. The van der Waals surface area contributed by atoms with Crippen molar-refractivity contribution in [2.75, 3.05) is 18.1 Å². The van der Waals surface area contributed by atoms with Gasteiger partial charge in [-0.05, 0) is 37.1 Å². The van der Waals surface area contributed by atoms with Gasteiger partial charge < -0.3 is 9.84 Å². The lowest BCUT2D eigenvalue weighted by Crippen LogP contribution is -2.44. The highest BCUT2D eigenvalue weighted by atomic mass is 32.2. The Balaban J connectivity index is 1.40. The Hall–Kier alpha value is -3.57. The van der Waals surface area contributed by atoms with Gasteiger partial charge in [0.1, 0.15) is 17.4 Å². The Kier molecular flexibility index (Phi) is 4.79. The summed E-state index contributed by atoms with van der Waals surface area (Å²) in [5.74, 6) is 0.287. The number of imidazole rings is 1. The van der Waals surface area contributed by atoms with Gasteiger partial charge >= 0.3 is 0 Å². The van der Waals surface area contributed by atoms with Gasteiger partial charge in [0, 0.05) is 24.0 Å². The number of pyridine rings is 1. The molecule has 1 amide bonds. The second-order valence-electron chi connectivity index (χ2n) is 7.69. The minimum absolute atomic E-state index is 0.258. The van der Waals surface area contributed by atoms with E-state index in [1.807, 2.05) is 37.3 Å². The van der Waals surface area contributed by atoms with Crippen molar-refractivity contribution >= 4 is 27.3 Å². The van der Waals surface area contributed by atoms with E-state index in [1.54, 1.807) is 16.7 Å². The smallest absolute Gasteiger partial charge is 0.274 e. The summed E-state index contributed by atoms with van der Waals surface area (Å²) < 4.78 is 32.0. The van der Waals surface area contributed by atoms with E-state index in [4.69, 9.17) is 4.52 Å². The van der Waals surface area contributed by atoms with E-state index >= 15 is 0 Å². The molecule has 0 aliphatic carbocycles. The number of fused-ring (bicyclic) bond motifs is 1. The van der Waals surface area contributed by atoms with Crippen LogP contribution in [0.5, 0.6) is 0 Å². The van der Waals surface area contributed by atoms with Crippen LogP contribution in [0.3, 0.4) is 0 Å². The van der Waals surface area contributed by atoms with Crippen LogP contribution in [-0.2, 0) is 10.0 Å². The molecule has 1 saturated heterocycles.